The van der Waals surface area contributed by atoms with Crippen LogP contribution in [0, 0.1) is 18.8 Å². The maximum Gasteiger partial charge on any atom is 0.312 e. The van der Waals surface area contributed by atoms with E-state index in [1.807, 2.05) is 43.3 Å². The Morgan fingerprint density at radius 3 is 2.81 bits per heavy atom. The van der Waals surface area contributed by atoms with Gasteiger partial charge in [-0.15, -0.1) is 0 Å². The van der Waals surface area contributed by atoms with E-state index < -0.39 is 17.4 Å². The van der Waals surface area contributed by atoms with Crippen molar-refractivity contribution in [1.82, 2.24) is 0 Å². The van der Waals surface area contributed by atoms with Gasteiger partial charge in [0.1, 0.15) is 11.5 Å². The normalized spacial score (nSPS) is 31.5. The van der Waals surface area contributed by atoms with Crippen LogP contribution in [0.4, 0.5) is 5.69 Å². The fourth-order valence-electron chi connectivity index (χ4n) is 4.33. The van der Waals surface area contributed by atoms with Crippen LogP contribution in [-0.2, 0) is 19.1 Å². The van der Waals surface area contributed by atoms with Crippen LogP contribution in [0.2, 0.25) is 0 Å². The Morgan fingerprint density at radius 2 is 2.08 bits per heavy atom. The molecule has 3 aliphatic heterocycles. The van der Waals surface area contributed by atoms with Gasteiger partial charge in [0.25, 0.3) is 0 Å². The molecule has 26 heavy (non-hydrogen) atoms. The third-order valence-corrected chi connectivity index (χ3v) is 5.71. The van der Waals surface area contributed by atoms with Crippen LogP contribution in [0.5, 0.6) is 0 Å². The lowest BCUT2D eigenvalue weighted by Crippen LogP contribution is -2.40. The number of hydrogen-bond acceptors (Lipinski definition) is 4. The molecule has 5 heteroatoms. The Hall–Kier alpha value is -2.14. The summed E-state index contributed by atoms with van der Waals surface area (Å²) in [5, 5.41) is 0. The minimum absolute atomic E-state index is 0.0452. The van der Waals surface area contributed by atoms with Crippen molar-refractivity contribution < 1.29 is 19.1 Å². The number of esters is 1. The van der Waals surface area contributed by atoms with Crippen molar-refractivity contribution >= 4 is 17.6 Å². The first-order chi connectivity index (χ1) is 12.6. The third kappa shape index (κ3) is 2.65. The molecular weight excluding hydrogens is 330 g/mol. The quantitative estimate of drug-likeness (QED) is 0.447. The Labute approximate surface area is 154 Å². The Balaban J connectivity index is 1.53. The first-order valence-corrected chi connectivity index (χ1v) is 9.47. The average Bonchev–Trinajstić information content (AvgIpc) is 3.28. The highest BCUT2D eigenvalue weighted by atomic mass is 16.6. The first-order valence-electron chi connectivity index (χ1n) is 9.47. The molecule has 0 aromatic heterocycles. The molecule has 0 unspecified atom stereocenters. The fraction of sp³-hybridized carbons (Fsp3) is 0.524. The molecule has 5 nitrogen and oxygen atoms in total. The van der Waals surface area contributed by atoms with E-state index in [4.69, 9.17) is 9.47 Å². The Bertz CT molecular complexity index is 741. The summed E-state index contributed by atoms with van der Waals surface area (Å²) in [4.78, 5) is 27.6. The highest BCUT2D eigenvalue weighted by molar-refractivity contribution is 6.02. The minimum atomic E-state index is -0.695. The van der Waals surface area contributed by atoms with Crippen LogP contribution in [0.15, 0.2) is 36.4 Å². The standard InChI is InChI=1S/C21H25NO4/c1-3-4-5-12-25-20(24)17-16-10-11-21(26-16)13-22(19(23)18(17)21)15-8-6-14(2)7-9-15/h6-11,16-18H,3-5,12-13H2,1-2H3/t16-,17+,18+,21-/m0/s1. The van der Waals surface area contributed by atoms with Crippen LogP contribution < -0.4 is 4.90 Å². The number of benzene rings is 1. The zero-order chi connectivity index (χ0) is 18.3. The zero-order valence-corrected chi connectivity index (χ0v) is 15.3. The largest absolute Gasteiger partial charge is 0.465 e. The molecule has 2 bridgehead atoms. The number of ether oxygens (including phenoxy) is 2. The minimum Gasteiger partial charge on any atom is -0.465 e. The number of rotatable bonds is 6. The van der Waals surface area contributed by atoms with Crippen LogP contribution >= 0.6 is 0 Å². The summed E-state index contributed by atoms with van der Waals surface area (Å²) in [6.45, 7) is 4.99. The summed E-state index contributed by atoms with van der Waals surface area (Å²) in [5.74, 6) is -1.38. The number of carbonyl (C=O) groups is 2. The lowest BCUT2D eigenvalue weighted by atomic mass is 9.77. The van der Waals surface area contributed by atoms with Gasteiger partial charge in [0.05, 0.1) is 25.2 Å². The molecule has 0 aliphatic carbocycles. The number of unbranched alkanes of at least 4 members (excludes halogenated alkanes) is 2. The predicted octanol–water partition coefficient (Wildman–Crippen LogP) is 3.01. The van der Waals surface area contributed by atoms with Gasteiger partial charge in [-0.2, -0.15) is 0 Å². The second-order valence-corrected chi connectivity index (χ2v) is 7.53. The SMILES string of the molecule is CCCCCOC(=O)[C@@H]1[C@@H]2C=C[C@@]3(CN(c4ccc(C)cc4)C(=O)[C@@H]13)O2. The van der Waals surface area contributed by atoms with Gasteiger partial charge in [0.2, 0.25) is 5.91 Å². The monoisotopic (exact) mass is 355 g/mol. The van der Waals surface area contributed by atoms with Gasteiger partial charge in [-0.05, 0) is 25.5 Å². The highest BCUT2D eigenvalue weighted by Crippen LogP contribution is 2.52. The molecule has 2 saturated heterocycles. The van der Waals surface area contributed by atoms with Crippen molar-refractivity contribution in [3.05, 3.63) is 42.0 Å². The third-order valence-electron chi connectivity index (χ3n) is 5.71. The number of hydrogen-bond donors (Lipinski definition) is 0. The summed E-state index contributed by atoms with van der Waals surface area (Å²) in [7, 11) is 0. The summed E-state index contributed by atoms with van der Waals surface area (Å²) in [5.41, 5.74) is 1.30. The topological polar surface area (TPSA) is 55.8 Å². The molecule has 3 aliphatic rings. The zero-order valence-electron chi connectivity index (χ0n) is 15.3. The molecule has 2 fully saturated rings. The number of anilines is 1. The van der Waals surface area contributed by atoms with Gasteiger partial charge in [-0.3, -0.25) is 9.59 Å². The maximum absolute atomic E-state index is 13.2. The molecule has 1 amide bonds. The van der Waals surface area contributed by atoms with E-state index in [0.29, 0.717) is 13.2 Å². The molecule has 0 saturated carbocycles. The van der Waals surface area contributed by atoms with Crippen LogP contribution in [0.1, 0.15) is 31.7 Å². The van der Waals surface area contributed by atoms with E-state index in [1.54, 1.807) is 4.90 Å². The average molecular weight is 355 g/mol. The van der Waals surface area contributed by atoms with E-state index in [-0.39, 0.29) is 18.0 Å². The summed E-state index contributed by atoms with van der Waals surface area (Å²) in [6, 6.07) is 7.86. The highest BCUT2D eigenvalue weighted by Gasteiger charge is 2.67. The van der Waals surface area contributed by atoms with Gasteiger partial charge in [0.15, 0.2) is 0 Å². The number of aryl methyl sites for hydroxylation is 1. The number of carbonyl (C=O) groups excluding carboxylic acids is 2. The molecule has 138 valence electrons. The van der Waals surface area contributed by atoms with Gasteiger partial charge in [-0.1, -0.05) is 49.6 Å². The van der Waals surface area contributed by atoms with Crippen molar-refractivity contribution in [2.75, 3.05) is 18.1 Å². The second-order valence-electron chi connectivity index (χ2n) is 7.53. The molecule has 0 radical (unpaired) electrons. The van der Waals surface area contributed by atoms with Crippen molar-refractivity contribution in [2.24, 2.45) is 11.8 Å². The molecule has 1 aromatic carbocycles. The molecule has 4 rings (SSSR count). The second kappa shape index (κ2) is 6.54. The van der Waals surface area contributed by atoms with Crippen LogP contribution in [-0.4, -0.2) is 36.7 Å². The molecule has 4 atom stereocenters. The molecule has 0 N–H and O–H groups in total. The van der Waals surface area contributed by atoms with Crippen LogP contribution in [0.3, 0.4) is 0 Å². The van der Waals surface area contributed by atoms with Gasteiger partial charge in [0, 0.05) is 5.69 Å². The van der Waals surface area contributed by atoms with Crippen molar-refractivity contribution in [1.29, 1.82) is 0 Å². The van der Waals surface area contributed by atoms with Crippen molar-refractivity contribution in [3.63, 3.8) is 0 Å². The predicted molar refractivity (Wildman–Crippen MR) is 97.7 cm³/mol. The lowest BCUT2D eigenvalue weighted by molar-refractivity contribution is -0.152. The van der Waals surface area contributed by atoms with Crippen LogP contribution in [0.25, 0.3) is 0 Å². The van der Waals surface area contributed by atoms with E-state index in [9.17, 15) is 9.59 Å². The lowest BCUT2D eigenvalue weighted by Gasteiger charge is -2.22. The molecule has 1 aromatic rings. The summed E-state index contributed by atoms with van der Waals surface area (Å²) >= 11 is 0. The number of fused-ring (bicyclic) bond motifs is 1. The van der Waals surface area contributed by atoms with Crippen molar-refractivity contribution in [3.8, 4) is 0 Å². The molecular formula is C21H25NO4. The summed E-state index contributed by atoms with van der Waals surface area (Å²) < 4.78 is 11.6. The number of nitrogens with zero attached hydrogens (tertiary/aromatic N) is 1. The van der Waals surface area contributed by atoms with E-state index in [2.05, 4.69) is 6.92 Å². The Morgan fingerprint density at radius 1 is 1.31 bits per heavy atom. The van der Waals surface area contributed by atoms with E-state index >= 15 is 0 Å². The van der Waals surface area contributed by atoms with Gasteiger partial charge < -0.3 is 14.4 Å². The fourth-order valence-corrected chi connectivity index (χ4v) is 4.33. The van der Waals surface area contributed by atoms with Gasteiger partial charge >= 0.3 is 5.97 Å². The molecule has 3 heterocycles. The smallest absolute Gasteiger partial charge is 0.312 e. The van der Waals surface area contributed by atoms with E-state index in [1.165, 1.54) is 0 Å². The maximum atomic E-state index is 13.2. The van der Waals surface area contributed by atoms with E-state index in [0.717, 1.165) is 30.5 Å². The number of amides is 1. The first kappa shape index (κ1) is 17.3. The Kier molecular flexibility index (Phi) is 4.35. The summed E-state index contributed by atoms with van der Waals surface area (Å²) in [6.07, 6.45) is 6.50. The van der Waals surface area contributed by atoms with Crippen molar-refractivity contribution in [2.45, 2.75) is 44.8 Å². The molecule has 1 spiro atoms. The van der Waals surface area contributed by atoms with Gasteiger partial charge in [-0.25, -0.2) is 0 Å².